The number of piperidine rings is 1. The van der Waals surface area contributed by atoms with Gasteiger partial charge in [-0.1, -0.05) is 12.1 Å². The van der Waals surface area contributed by atoms with E-state index < -0.39 is 0 Å². The molecule has 1 aromatic carbocycles. The van der Waals surface area contributed by atoms with Crippen molar-refractivity contribution in [2.24, 2.45) is 0 Å². The maximum atomic E-state index is 12.1. The van der Waals surface area contributed by atoms with E-state index in [1.54, 1.807) is 0 Å². The highest BCUT2D eigenvalue weighted by Gasteiger charge is 2.16. The lowest BCUT2D eigenvalue weighted by molar-refractivity contribution is -0.130. The van der Waals surface area contributed by atoms with E-state index in [2.05, 4.69) is 5.32 Å². The zero-order valence-corrected chi connectivity index (χ0v) is 11.9. The summed E-state index contributed by atoms with van der Waals surface area (Å²) in [5.41, 5.74) is 2.12. The molecular formula is C15H23N3O. The van der Waals surface area contributed by atoms with Crippen LogP contribution in [0.2, 0.25) is 0 Å². The lowest BCUT2D eigenvalue weighted by Gasteiger charge is -2.27. The summed E-state index contributed by atoms with van der Waals surface area (Å²) in [5.74, 6) is 0.202. The van der Waals surface area contributed by atoms with Gasteiger partial charge >= 0.3 is 0 Å². The van der Waals surface area contributed by atoms with Crippen molar-refractivity contribution in [2.45, 2.75) is 19.3 Å². The monoisotopic (exact) mass is 261 g/mol. The number of anilines is 2. The molecule has 0 atom stereocenters. The Hall–Kier alpha value is -1.71. The van der Waals surface area contributed by atoms with Gasteiger partial charge in [0.05, 0.1) is 17.9 Å². The van der Waals surface area contributed by atoms with Crippen molar-refractivity contribution in [3.05, 3.63) is 24.3 Å². The molecule has 19 heavy (non-hydrogen) atoms. The third-order valence-corrected chi connectivity index (χ3v) is 3.52. The van der Waals surface area contributed by atoms with Gasteiger partial charge in [-0.2, -0.15) is 0 Å². The molecule has 1 aromatic rings. The number of carbonyl (C=O) groups excluding carboxylic acids is 1. The van der Waals surface area contributed by atoms with E-state index in [0.717, 1.165) is 37.3 Å². The van der Waals surface area contributed by atoms with Gasteiger partial charge in [-0.3, -0.25) is 4.79 Å². The molecular weight excluding hydrogens is 238 g/mol. The van der Waals surface area contributed by atoms with Gasteiger partial charge < -0.3 is 15.1 Å². The topological polar surface area (TPSA) is 35.6 Å². The summed E-state index contributed by atoms with van der Waals surface area (Å²) in [6.07, 6.45) is 3.53. The van der Waals surface area contributed by atoms with Gasteiger partial charge in [0.25, 0.3) is 0 Å². The Morgan fingerprint density at radius 3 is 2.58 bits per heavy atom. The van der Waals surface area contributed by atoms with Crippen LogP contribution in [-0.2, 0) is 4.79 Å². The summed E-state index contributed by atoms with van der Waals surface area (Å²) < 4.78 is 0. The number of benzene rings is 1. The Labute approximate surface area is 115 Å². The molecule has 1 N–H and O–H groups in total. The van der Waals surface area contributed by atoms with Crippen LogP contribution in [0.15, 0.2) is 24.3 Å². The minimum atomic E-state index is 0.202. The first-order valence-electron chi connectivity index (χ1n) is 6.96. The van der Waals surface area contributed by atoms with E-state index in [-0.39, 0.29) is 5.91 Å². The predicted molar refractivity (Wildman–Crippen MR) is 79.7 cm³/mol. The Bertz CT molecular complexity index is 425. The molecule has 0 unspecified atom stereocenters. The van der Waals surface area contributed by atoms with Crippen molar-refractivity contribution < 1.29 is 4.79 Å². The van der Waals surface area contributed by atoms with Crippen LogP contribution in [-0.4, -0.2) is 44.5 Å². The van der Waals surface area contributed by atoms with E-state index in [4.69, 9.17) is 0 Å². The number of nitrogens with zero attached hydrogens (tertiary/aromatic N) is 2. The molecule has 4 nitrogen and oxygen atoms in total. The highest BCUT2D eigenvalue weighted by Crippen LogP contribution is 2.23. The van der Waals surface area contributed by atoms with Gasteiger partial charge in [-0.15, -0.1) is 0 Å². The number of rotatable bonds is 4. The number of hydrogen-bond acceptors (Lipinski definition) is 3. The summed E-state index contributed by atoms with van der Waals surface area (Å²) in [4.78, 5) is 16.1. The van der Waals surface area contributed by atoms with Crippen LogP contribution in [0.4, 0.5) is 11.4 Å². The van der Waals surface area contributed by atoms with Gasteiger partial charge in [-0.25, -0.2) is 0 Å². The van der Waals surface area contributed by atoms with E-state index in [1.165, 1.54) is 6.42 Å². The number of para-hydroxylation sites is 2. The fourth-order valence-electron chi connectivity index (χ4n) is 2.44. The zero-order chi connectivity index (χ0) is 13.7. The standard InChI is InChI=1S/C15H23N3O/c1-17(2)14-9-5-4-8-13(14)16-12-15(19)18-10-6-3-7-11-18/h4-5,8-9,16H,3,6-7,10-12H2,1-2H3. The van der Waals surface area contributed by atoms with Crippen molar-refractivity contribution in [2.75, 3.05) is 43.9 Å². The van der Waals surface area contributed by atoms with E-state index >= 15 is 0 Å². The minimum absolute atomic E-state index is 0.202. The van der Waals surface area contributed by atoms with Gasteiger partial charge in [0.1, 0.15) is 0 Å². The molecule has 1 amide bonds. The molecule has 0 aromatic heterocycles. The number of nitrogens with one attached hydrogen (secondary N) is 1. The number of amides is 1. The molecule has 0 aliphatic carbocycles. The highest BCUT2D eigenvalue weighted by atomic mass is 16.2. The average molecular weight is 261 g/mol. The second-order valence-electron chi connectivity index (χ2n) is 5.21. The fraction of sp³-hybridized carbons (Fsp3) is 0.533. The van der Waals surface area contributed by atoms with Gasteiger partial charge in [0, 0.05) is 27.2 Å². The molecule has 0 spiro atoms. The highest BCUT2D eigenvalue weighted by molar-refractivity contribution is 5.82. The minimum Gasteiger partial charge on any atom is -0.376 e. The maximum absolute atomic E-state index is 12.1. The summed E-state index contributed by atoms with van der Waals surface area (Å²) in [5, 5.41) is 3.26. The van der Waals surface area contributed by atoms with Crippen LogP contribution >= 0.6 is 0 Å². The Balaban J connectivity index is 1.93. The molecule has 1 heterocycles. The quantitative estimate of drug-likeness (QED) is 0.902. The van der Waals surface area contributed by atoms with E-state index in [9.17, 15) is 4.79 Å². The first kappa shape index (κ1) is 13.7. The van der Waals surface area contributed by atoms with E-state index in [1.807, 2.05) is 48.2 Å². The summed E-state index contributed by atoms with van der Waals surface area (Å²) in [7, 11) is 4.01. The van der Waals surface area contributed by atoms with Crippen LogP contribution < -0.4 is 10.2 Å². The lowest BCUT2D eigenvalue weighted by Crippen LogP contribution is -2.39. The molecule has 104 valence electrons. The largest absolute Gasteiger partial charge is 0.376 e. The van der Waals surface area contributed by atoms with Crippen molar-refractivity contribution in [1.82, 2.24) is 4.90 Å². The summed E-state index contributed by atoms with van der Waals surface area (Å²) in [6.45, 7) is 2.20. The molecule has 0 radical (unpaired) electrons. The van der Waals surface area contributed by atoms with Crippen LogP contribution in [0, 0.1) is 0 Å². The third-order valence-electron chi connectivity index (χ3n) is 3.52. The number of likely N-dealkylation sites (tertiary alicyclic amines) is 1. The molecule has 1 aliphatic rings. The third kappa shape index (κ3) is 3.63. The molecule has 1 saturated heterocycles. The first-order chi connectivity index (χ1) is 9.18. The normalized spacial score (nSPS) is 15.2. The smallest absolute Gasteiger partial charge is 0.241 e. The lowest BCUT2D eigenvalue weighted by atomic mass is 10.1. The zero-order valence-electron chi connectivity index (χ0n) is 11.9. The summed E-state index contributed by atoms with van der Waals surface area (Å²) in [6, 6.07) is 8.06. The SMILES string of the molecule is CN(C)c1ccccc1NCC(=O)N1CCCCC1. The second kappa shape index (κ2) is 6.45. The maximum Gasteiger partial charge on any atom is 0.241 e. The Kier molecular flexibility index (Phi) is 4.66. The predicted octanol–water partition coefficient (Wildman–Crippen LogP) is 2.18. The molecule has 4 heteroatoms. The molecule has 0 saturated carbocycles. The molecule has 1 fully saturated rings. The second-order valence-corrected chi connectivity index (χ2v) is 5.21. The van der Waals surface area contributed by atoms with Crippen molar-refractivity contribution >= 4 is 17.3 Å². The fourth-order valence-corrected chi connectivity index (χ4v) is 2.44. The Morgan fingerprint density at radius 1 is 1.21 bits per heavy atom. The van der Waals surface area contributed by atoms with Gasteiger partial charge in [-0.05, 0) is 31.4 Å². The van der Waals surface area contributed by atoms with Crippen LogP contribution in [0.1, 0.15) is 19.3 Å². The first-order valence-corrected chi connectivity index (χ1v) is 6.96. The molecule has 0 bridgehead atoms. The van der Waals surface area contributed by atoms with Crippen LogP contribution in [0.3, 0.4) is 0 Å². The average Bonchev–Trinajstić information content (AvgIpc) is 2.46. The van der Waals surface area contributed by atoms with Crippen molar-refractivity contribution in [3.8, 4) is 0 Å². The van der Waals surface area contributed by atoms with E-state index in [0.29, 0.717) is 6.54 Å². The van der Waals surface area contributed by atoms with Gasteiger partial charge in [0.15, 0.2) is 0 Å². The van der Waals surface area contributed by atoms with Crippen molar-refractivity contribution in [1.29, 1.82) is 0 Å². The number of carbonyl (C=O) groups is 1. The Morgan fingerprint density at radius 2 is 1.89 bits per heavy atom. The van der Waals surface area contributed by atoms with Crippen LogP contribution in [0.25, 0.3) is 0 Å². The van der Waals surface area contributed by atoms with Crippen molar-refractivity contribution in [3.63, 3.8) is 0 Å². The molecule has 1 aliphatic heterocycles. The molecule has 2 rings (SSSR count). The number of hydrogen-bond donors (Lipinski definition) is 1. The van der Waals surface area contributed by atoms with Gasteiger partial charge in [0.2, 0.25) is 5.91 Å². The van der Waals surface area contributed by atoms with Crippen LogP contribution in [0.5, 0.6) is 0 Å². The summed E-state index contributed by atoms with van der Waals surface area (Å²) >= 11 is 0.